The first kappa shape index (κ1) is 35.1. The molecular weight excluding hydrogens is 675 g/mol. The molecule has 56 heavy (non-hydrogen) atoms. The molecule has 0 spiro atoms. The number of benzene rings is 5. The molecule has 0 heterocycles. The van der Waals surface area contributed by atoms with Crippen LogP contribution in [-0.4, -0.2) is 0 Å². The third-order valence-corrected chi connectivity index (χ3v) is 16.2. The fourth-order valence-electron chi connectivity index (χ4n) is 13.5. The Balaban J connectivity index is 0.926. The van der Waals surface area contributed by atoms with Gasteiger partial charge in [-0.3, -0.25) is 0 Å². The molecular formula is C55H61N. The molecule has 7 aliphatic rings. The molecule has 0 N–H and O–H groups in total. The smallest absolute Gasteiger partial charge is 0.0465 e. The Labute approximate surface area is 337 Å². The summed E-state index contributed by atoms with van der Waals surface area (Å²) in [5.41, 5.74) is 16.7. The molecule has 0 aliphatic heterocycles. The Kier molecular flexibility index (Phi) is 8.82. The van der Waals surface area contributed by atoms with Gasteiger partial charge in [0.1, 0.15) is 0 Å². The molecule has 0 atom stereocenters. The van der Waals surface area contributed by atoms with E-state index in [4.69, 9.17) is 0 Å². The number of hydrogen-bond donors (Lipinski definition) is 0. The average molecular weight is 736 g/mol. The molecule has 0 amide bonds. The largest absolute Gasteiger partial charge is 0.310 e. The Bertz CT molecular complexity index is 2160. The van der Waals surface area contributed by atoms with Crippen LogP contribution >= 0.6 is 0 Å². The van der Waals surface area contributed by atoms with Crippen molar-refractivity contribution in [1.29, 1.82) is 0 Å². The standard InChI is InChI=1S/C55H61N/c1-55(2)52-34-44(42-15-13-40(14-16-42)38-9-5-3-6-10-38)21-27-50(52)51-28-26-49(35-53(51)55)56(47-22-17-41(18-23-47)39-11-7-4-8-12-39)48-24-19-43(20-25-48)54-45-30-36-29-37(32-45)33-46(54)31-36/h13-28,34-39,45-46,54H,3-12,29-33H2,1-2H3. The van der Waals surface area contributed by atoms with Crippen LogP contribution in [0.25, 0.3) is 22.3 Å². The predicted octanol–water partition coefficient (Wildman–Crippen LogP) is 15.8. The van der Waals surface area contributed by atoms with Crippen LogP contribution in [0.3, 0.4) is 0 Å². The molecule has 0 aromatic heterocycles. The monoisotopic (exact) mass is 735 g/mol. The van der Waals surface area contributed by atoms with Gasteiger partial charge in [-0.05, 0) is 192 Å². The Morgan fingerprint density at radius 3 is 1.43 bits per heavy atom. The average Bonchev–Trinajstić information content (AvgIpc) is 3.47. The van der Waals surface area contributed by atoms with Crippen LogP contribution in [0.4, 0.5) is 17.1 Å². The van der Waals surface area contributed by atoms with Crippen LogP contribution in [0.15, 0.2) is 109 Å². The minimum Gasteiger partial charge on any atom is -0.310 e. The van der Waals surface area contributed by atoms with Gasteiger partial charge in [0.2, 0.25) is 0 Å². The molecule has 1 heteroatoms. The first-order valence-electron chi connectivity index (χ1n) is 22.9. The lowest BCUT2D eigenvalue weighted by Gasteiger charge is -2.54. The molecule has 1 nitrogen and oxygen atoms in total. The van der Waals surface area contributed by atoms with E-state index in [9.17, 15) is 0 Å². The van der Waals surface area contributed by atoms with E-state index < -0.39 is 0 Å². The van der Waals surface area contributed by atoms with Crippen molar-refractivity contribution in [3.63, 3.8) is 0 Å². The Hall–Kier alpha value is -4.10. The summed E-state index contributed by atoms with van der Waals surface area (Å²) >= 11 is 0. The highest BCUT2D eigenvalue weighted by atomic mass is 15.1. The van der Waals surface area contributed by atoms with Crippen molar-refractivity contribution >= 4 is 17.1 Å². The molecule has 6 saturated carbocycles. The molecule has 0 saturated heterocycles. The zero-order valence-electron chi connectivity index (χ0n) is 34.0. The first-order valence-corrected chi connectivity index (χ1v) is 22.9. The fourth-order valence-corrected chi connectivity index (χ4v) is 13.5. The van der Waals surface area contributed by atoms with Crippen molar-refractivity contribution in [2.75, 3.05) is 4.90 Å². The number of anilines is 3. The topological polar surface area (TPSA) is 3.24 Å². The van der Waals surface area contributed by atoms with Crippen LogP contribution < -0.4 is 4.90 Å². The van der Waals surface area contributed by atoms with Crippen molar-refractivity contribution in [2.45, 2.75) is 133 Å². The maximum Gasteiger partial charge on any atom is 0.0465 e. The highest BCUT2D eigenvalue weighted by Gasteiger charge is 2.48. The quantitative estimate of drug-likeness (QED) is 0.161. The molecule has 5 aromatic rings. The molecule has 0 radical (unpaired) electrons. The maximum absolute atomic E-state index is 2.55. The molecule has 12 rings (SSSR count). The molecule has 7 aliphatic carbocycles. The van der Waals surface area contributed by atoms with Gasteiger partial charge in [0.15, 0.2) is 0 Å². The van der Waals surface area contributed by atoms with Crippen LogP contribution in [0.2, 0.25) is 0 Å². The summed E-state index contributed by atoms with van der Waals surface area (Å²) in [6.45, 7) is 4.89. The summed E-state index contributed by atoms with van der Waals surface area (Å²) in [5.74, 6) is 6.06. The second-order valence-electron chi connectivity index (χ2n) is 19.9. The fraction of sp³-hybridized carbons (Fsp3) is 0.455. The summed E-state index contributed by atoms with van der Waals surface area (Å²) in [6, 6.07) is 43.8. The highest BCUT2D eigenvalue weighted by molar-refractivity contribution is 5.87. The number of fused-ring (bicyclic) bond motifs is 3. The van der Waals surface area contributed by atoms with Gasteiger partial charge in [-0.1, -0.05) is 119 Å². The summed E-state index contributed by atoms with van der Waals surface area (Å²) < 4.78 is 0. The zero-order valence-corrected chi connectivity index (χ0v) is 34.0. The predicted molar refractivity (Wildman–Crippen MR) is 236 cm³/mol. The van der Waals surface area contributed by atoms with E-state index >= 15 is 0 Å². The van der Waals surface area contributed by atoms with E-state index in [1.165, 1.54) is 158 Å². The second kappa shape index (κ2) is 14.1. The van der Waals surface area contributed by atoms with Gasteiger partial charge in [0, 0.05) is 22.5 Å². The van der Waals surface area contributed by atoms with E-state index in [0.29, 0.717) is 5.92 Å². The minimum absolute atomic E-state index is 0.0986. The molecule has 5 aromatic carbocycles. The molecule has 6 fully saturated rings. The third kappa shape index (κ3) is 6.10. The van der Waals surface area contributed by atoms with Crippen LogP contribution in [-0.2, 0) is 5.41 Å². The second-order valence-corrected chi connectivity index (χ2v) is 19.9. The van der Waals surface area contributed by atoms with Gasteiger partial charge < -0.3 is 4.90 Å². The van der Waals surface area contributed by atoms with E-state index in [2.05, 4.69) is 128 Å². The lowest BCUT2D eigenvalue weighted by molar-refractivity contribution is -0.00277. The van der Waals surface area contributed by atoms with Gasteiger partial charge in [0.05, 0.1) is 0 Å². The SMILES string of the molecule is CC1(C)c2cc(-c3ccc(C4CCCCC4)cc3)ccc2-c2ccc(N(c3ccc(C4CCCCC4)cc3)c3ccc(C4C5CC6CC(C5)CC4C6)cc3)cc21. The van der Waals surface area contributed by atoms with Crippen LogP contribution in [0.1, 0.15) is 156 Å². The summed E-state index contributed by atoms with van der Waals surface area (Å²) in [4.78, 5) is 2.55. The van der Waals surface area contributed by atoms with Gasteiger partial charge >= 0.3 is 0 Å². The number of nitrogens with zero attached hydrogens (tertiary/aromatic N) is 1. The molecule has 4 bridgehead atoms. The minimum atomic E-state index is -0.0986. The Morgan fingerprint density at radius 2 is 0.875 bits per heavy atom. The third-order valence-electron chi connectivity index (χ3n) is 16.2. The van der Waals surface area contributed by atoms with E-state index in [1.54, 1.807) is 5.56 Å². The molecule has 0 unspecified atom stereocenters. The van der Waals surface area contributed by atoms with Gasteiger partial charge in [-0.25, -0.2) is 0 Å². The number of hydrogen-bond acceptors (Lipinski definition) is 1. The highest BCUT2D eigenvalue weighted by Crippen LogP contribution is 2.60. The molecule has 286 valence electrons. The lowest BCUT2D eigenvalue weighted by atomic mass is 9.51. The van der Waals surface area contributed by atoms with E-state index in [0.717, 1.165) is 35.5 Å². The summed E-state index contributed by atoms with van der Waals surface area (Å²) in [6.07, 6.45) is 21.1. The normalized spacial score (nSPS) is 26.6. The Morgan fingerprint density at radius 1 is 0.429 bits per heavy atom. The van der Waals surface area contributed by atoms with Crippen molar-refractivity contribution < 1.29 is 0 Å². The van der Waals surface area contributed by atoms with Crippen LogP contribution in [0.5, 0.6) is 0 Å². The number of rotatable bonds is 7. The van der Waals surface area contributed by atoms with Crippen molar-refractivity contribution in [2.24, 2.45) is 23.7 Å². The van der Waals surface area contributed by atoms with Crippen molar-refractivity contribution in [1.82, 2.24) is 0 Å². The van der Waals surface area contributed by atoms with Gasteiger partial charge in [-0.15, -0.1) is 0 Å². The zero-order chi connectivity index (χ0) is 37.4. The summed E-state index contributed by atoms with van der Waals surface area (Å²) in [5, 5.41) is 0. The van der Waals surface area contributed by atoms with E-state index in [-0.39, 0.29) is 5.41 Å². The van der Waals surface area contributed by atoms with Crippen LogP contribution in [0, 0.1) is 23.7 Å². The van der Waals surface area contributed by atoms with Gasteiger partial charge in [0.25, 0.3) is 0 Å². The summed E-state index contributed by atoms with van der Waals surface area (Å²) in [7, 11) is 0. The maximum atomic E-state index is 2.55. The van der Waals surface area contributed by atoms with Crippen molar-refractivity contribution in [3.05, 3.63) is 137 Å². The van der Waals surface area contributed by atoms with E-state index in [1.807, 2.05) is 0 Å². The lowest BCUT2D eigenvalue weighted by Crippen LogP contribution is -2.43. The first-order chi connectivity index (χ1) is 27.5. The van der Waals surface area contributed by atoms with Crippen molar-refractivity contribution in [3.8, 4) is 22.3 Å². The van der Waals surface area contributed by atoms with Gasteiger partial charge in [-0.2, -0.15) is 0 Å².